The van der Waals surface area contributed by atoms with Gasteiger partial charge >= 0.3 is 5.97 Å². The molecule has 0 saturated heterocycles. The zero-order valence-electron chi connectivity index (χ0n) is 10.5. The highest BCUT2D eigenvalue weighted by Crippen LogP contribution is 2.19. The normalized spacial score (nSPS) is 9.90. The second kappa shape index (κ2) is 5.78. The van der Waals surface area contributed by atoms with Gasteiger partial charge in [0.15, 0.2) is 0 Å². The van der Waals surface area contributed by atoms with Crippen molar-refractivity contribution in [3.8, 4) is 0 Å². The van der Waals surface area contributed by atoms with Crippen LogP contribution in [0, 0.1) is 10.1 Å². The van der Waals surface area contributed by atoms with Crippen LogP contribution in [-0.4, -0.2) is 26.9 Å². The smallest absolute Gasteiger partial charge is 0.335 e. The maximum Gasteiger partial charge on any atom is 0.335 e. The number of amides is 1. The summed E-state index contributed by atoms with van der Waals surface area (Å²) in [5.74, 6) is -1.91. The fraction of sp³-hybridized carbons (Fsp3) is 0. The molecule has 1 heterocycles. The number of carboxylic acid groups (broad SMARTS) is 1. The number of carbonyl (C=O) groups is 2. The lowest BCUT2D eigenvalue weighted by molar-refractivity contribution is -0.385. The first kappa shape index (κ1) is 14.1. The van der Waals surface area contributed by atoms with E-state index in [4.69, 9.17) is 5.11 Å². The Kier molecular flexibility index (Phi) is 3.89. The van der Waals surface area contributed by atoms with Gasteiger partial charge in [0, 0.05) is 12.3 Å². The van der Waals surface area contributed by atoms with Crippen molar-refractivity contribution in [3.63, 3.8) is 0 Å². The number of nitrogens with one attached hydrogen (secondary N) is 1. The summed E-state index contributed by atoms with van der Waals surface area (Å²) in [5.41, 5.74) is -0.530. The average molecular weight is 287 g/mol. The topological polar surface area (TPSA) is 122 Å². The van der Waals surface area contributed by atoms with E-state index in [1.54, 1.807) is 0 Å². The van der Waals surface area contributed by atoms with Gasteiger partial charge in [0.1, 0.15) is 11.4 Å². The van der Waals surface area contributed by atoms with Crippen LogP contribution in [0.2, 0.25) is 0 Å². The number of nitro benzene ring substituents is 1. The minimum Gasteiger partial charge on any atom is -0.478 e. The second-order valence-electron chi connectivity index (χ2n) is 3.96. The number of anilines is 1. The molecule has 0 atom stereocenters. The fourth-order valence-electron chi connectivity index (χ4n) is 1.64. The summed E-state index contributed by atoms with van der Waals surface area (Å²) < 4.78 is 0. The van der Waals surface area contributed by atoms with E-state index in [1.165, 1.54) is 36.5 Å². The Morgan fingerprint density at radius 1 is 1.24 bits per heavy atom. The van der Waals surface area contributed by atoms with Gasteiger partial charge in [0.25, 0.3) is 11.6 Å². The van der Waals surface area contributed by atoms with E-state index in [2.05, 4.69) is 10.3 Å². The number of hydrogen-bond acceptors (Lipinski definition) is 5. The Morgan fingerprint density at radius 2 is 1.95 bits per heavy atom. The Balaban J connectivity index is 2.28. The first-order chi connectivity index (χ1) is 9.99. The SMILES string of the molecule is O=C(O)c1ccnc(NC(=O)c2ccccc2[N+](=O)[O-])c1. The van der Waals surface area contributed by atoms with Crippen molar-refractivity contribution < 1.29 is 19.6 Å². The zero-order chi connectivity index (χ0) is 15.4. The number of aromatic carboxylic acids is 1. The Morgan fingerprint density at radius 3 is 2.62 bits per heavy atom. The molecule has 0 unspecified atom stereocenters. The minimum atomic E-state index is -1.17. The molecule has 8 heteroatoms. The van der Waals surface area contributed by atoms with E-state index in [0.29, 0.717) is 0 Å². The lowest BCUT2D eigenvalue weighted by atomic mass is 10.1. The van der Waals surface area contributed by atoms with Crippen molar-refractivity contribution in [2.75, 3.05) is 5.32 Å². The van der Waals surface area contributed by atoms with Gasteiger partial charge in [-0.25, -0.2) is 9.78 Å². The van der Waals surface area contributed by atoms with Crippen LogP contribution >= 0.6 is 0 Å². The van der Waals surface area contributed by atoms with Gasteiger partial charge in [-0.15, -0.1) is 0 Å². The first-order valence-electron chi connectivity index (χ1n) is 5.73. The Labute approximate surface area is 118 Å². The van der Waals surface area contributed by atoms with Crippen LogP contribution in [0.25, 0.3) is 0 Å². The molecule has 21 heavy (non-hydrogen) atoms. The molecule has 8 nitrogen and oxygen atoms in total. The predicted octanol–water partition coefficient (Wildman–Crippen LogP) is 1.94. The molecule has 0 radical (unpaired) electrons. The van der Waals surface area contributed by atoms with Crippen molar-refractivity contribution in [2.45, 2.75) is 0 Å². The molecule has 1 aromatic carbocycles. The molecule has 0 saturated carbocycles. The summed E-state index contributed by atoms with van der Waals surface area (Å²) in [6, 6.07) is 7.86. The lowest BCUT2D eigenvalue weighted by Gasteiger charge is -2.05. The molecule has 1 aromatic heterocycles. The summed E-state index contributed by atoms with van der Waals surface area (Å²) in [5, 5.41) is 22.0. The van der Waals surface area contributed by atoms with Crippen LogP contribution in [-0.2, 0) is 0 Å². The number of hydrogen-bond donors (Lipinski definition) is 2. The van der Waals surface area contributed by atoms with E-state index in [-0.39, 0.29) is 22.6 Å². The predicted molar refractivity (Wildman–Crippen MR) is 72.2 cm³/mol. The van der Waals surface area contributed by atoms with Crippen molar-refractivity contribution >= 4 is 23.4 Å². The van der Waals surface area contributed by atoms with Gasteiger partial charge < -0.3 is 10.4 Å². The number of aromatic nitrogens is 1. The Hall–Kier alpha value is -3.29. The molecule has 2 rings (SSSR count). The fourth-order valence-corrected chi connectivity index (χ4v) is 1.64. The maximum atomic E-state index is 12.0. The maximum absolute atomic E-state index is 12.0. The number of nitrogens with zero attached hydrogens (tertiary/aromatic N) is 2. The number of carbonyl (C=O) groups excluding carboxylic acids is 1. The van der Waals surface area contributed by atoms with Gasteiger partial charge in [-0.3, -0.25) is 14.9 Å². The molecular weight excluding hydrogens is 278 g/mol. The summed E-state index contributed by atoms with van der Waals surface area (Å²) >= 11 is 0. The minimum absolute atomic E-state index is 0.00180. The summed E-state index contributed by atoms with van der Waals surface area (Å²) in [4.78, 5) is 36.8. The molecule has 2 aromatic rings. The van der Waals surface area contributed by atoms with Gasteiger partial charge in [0.05, 0.1) is 10.5 Å². The van der Waals surface area contributed by atoms with Gasteiger partial charge in [-0.1, -0.05) is 12.1 Å². The summed E-state index contributed by atoms with van der Waals surface area (Å²) in [7, 11) is 0. The lowest BCUT2D eigenvalue weighted by Crippen LogP contribution is -2.15. The van der Waals surface area contributed by atoms with Crippen LogP contribution in [0.4, 0.5) is 11.5 Å². The highest BCUT2D eigenvalue weighted by atomic mass is 16.6. The quantitative estimate of drug-likeness (QED) is 0.654. The number of benzene rings is 1. The molecule has 0 bridgehead atoms. The second-order valence-corrected chi connectivity index (χ2v) is 3.96. The van der Waals surface area contributed by atoms with Crippen LogP contribution in [0.1, 0.15) is 20.7 Å². The molecule has 2 N–H and O–H groups in total. The van der Waals surface area contributed by atoms with Crippen molar-refractivity contribution in [1.29, 1.82) is 0 Å². The molecule has 0 aliphatic rings. The van der Waals surface area contributed by atoms with Crippen LogP contribution < -0.4 is 5.32 Å². The molecule has 106 valence electrons. The van der Waals surface area contributed by atoms with E-state index in [9.17, 15) is 19.7 Å². The number of rotatable bonds is 4. The summed E-state index contributed by atoms with van der Waals surface area (Å²) in [6.07, 6.45) is 1.22. The van der Waals surface area contributed by atoms with E-state index in [1.807, 2.05) is 0 Å². The third kappa shape index (κ3) is 3.18. The highest BCUT2D eigenvalue weighted by molar-refractivity contribution is 6.06. The van der Waals surface area contributed by atoms with E-state index in [0.717, 1.165) is 6.07 Å². The van der Waals surface area contributed by atoms with E-state index < -0.39 is 16.8 Å². The molecule has 0 spiro atoms. The number of pyridine rings is 1. The monoisotopic (exact) mass is 287 g/mol. The standard InChI is InChI=1S/C13H9N3O5/c17-12(9-3-1-2-4-10(9)16(20)21)15-11-7-8(13(18)19)5-6-14-11/h1-7H,(H,18,19)(H,14,15,17). The molecule has 0 fully saturated rings. The van der Waals surface area contributed by atoms with Crippen LogP contribution in [0.15, 0.2) is 42.6 Å². The Bertz CT molecular complexity index is 729. The van der Waals surface area contributed by atoms with Gasteiger partial charge in [-0.2, -0.15) is 0 Å². The number of para-hydroxylation sites is 1. The first-order valence-corrected chi connectivity index (χ1v) is 5.73. The largest absolute Gasteiger partial charge is 0.478 e. The zero-order valence-corrected chi connectivity index (χ0v) is 10.5. The van der Waals surface area contributed by atoms with E-state index >= 15 is 0 Å². The van der Waals surface area contributed by atoms with Gasteiger partial charge in [0.2, 0.25) is 0 Å². The third-order valence-electron chi connectivity index (χ3n) is 2.59. The molecule has 1 amide bonds. The third-order valence-corrected chi connectivity index (χ3v) is 2.59. The summed E-state index contributed by atoms with van der Waals surface area (Å²) in [6.45, 7) is 0. The molecule has 0 aliphatic heterocycles. The van der Waals surface area contributed by atoms with Crippen molar-refractivity contribution in [1.82, 2.24) is 4.98 Å². The molecule has 0 aliphatic carbocycles. The van der Waals surface area contributed by atoms with Gasteiger partial charge in [-0.05, 0) is 18.2 Å². The average Bonchev–Trinajstić information content (AvgIpc) is 2.47. The molecular formula is C13H9N3O5. The number of carboxylic acids is 1. The van der Waals surface area contributed by atoms with Crippen molar-refractivity contribution in [2.24, 2.45) is 0 Å². The van der Waals surface area contributed by atoms with Crippen LogP contribution in [0.5, 0.6) is 0 Å². The van der Waals surface area contributed by atoms with Crippen LogP contribution in [0.3, 0.4) is 0 Å². The van der Waals surface area contributed by atoms with Crippen molar-refractivity contribution in [3.05, 3.63) is 63.8 Å². The highest BCUT2D eigenvalue weighted by Gasteiger charge is 2.19. The number of nitro groups is 1.